The van der Waals surface area contributed by atoms with Crippen LogP contribution in [-0.4, -0.2) is 109 Å². The van der Waals surface area contributed by atoms with Crippen LogP contribution < -0.4 is 14.7 Å². The van der Waals surface area contributed by atoms with E-state index in [0.717, 1.165) is 88.3 Å². The van der Waals surface area contributed by atoms with Crippen LogP contribution in [0.1, 0.15) is 18.9 Å². The zero-order valence-corrected chi connectivity index (χ0v) is 22.6. The van der Waals surface area contributed by atoms with E-state index in [1.807, 2.05) is 24.4 Å². The SMILES string of the molecule is CO[C@H]1CCN(c2nccc(N3CCN(C[C@H]4CN(c5ccc(C#N)c6nccnc56)C[C@@H](C)O4)CC3)n2)C1. The maximum Gasteiger partial charge on any atom is 0.227 e. The van der Waals surface area contributed by atoms with Gasteiger partial charge in [-0.15, -0.1) is 0 Å². The number of benzene rings is 1. The Labute approximate surface area is 229 Å². The highest BCUT2D eigenvalue weighted by Gasteiger charge is 2.30. The minimum atomic E-state index is 0.0808. The molecule has 2 aromatic heterocycles. The van der Waals surface area contributed by atoms with E-state index in [0.29, 0.717) is 11.1 Å². The second kappa shape index (κ2) is 11.3. The number of rotatable bonds is 6. The predicted molar refractivity (Wildman–Crippen MR) is 149 cm³/mol. The number of fused-ring (bicyclic) bond motifs is 1. The molecule has 0 bridgehead atoms. The zero-order chi connectivity index (χ0) is 26.8. The molecule has 5 heterocycles. The van der Waals surface area contributed by atoms with Crippen LogP contribution in [-0.2, 0) is 9.47 Å². The van der Waals surface area contributed by atoms with Crippen molar-refractivity contribution in [2.45, 2.75) is 31.7 Å². The van der Waals surface area contributed by atoms with Crippen LogP contribution in [0.25, 0.3) is 11.0 Å². The van der Waals surface area contributed by atoms with E-state index in [1.165, 1.54) is 0 Å². The summed E-state index contributed by atoms with van der Waals surface area (Å²) < 4.78 is 11.9. The molecule has 0 radical (unpaired) electrons. The Morgan fingerprint density at radius 1 is 0.923 bits per heavy atom. The third-order valence-electron chi connectivity index (χ3n) is 7.94. The molecule has 3 aromatic rings. The summed E-state index contributed by atoms with van der Waals surface area (Å²) in [6, 6.07) is 8.09. The van der Waals surface area contributed by atoms with E-state index in [1.54, 1.807) is 19.5 Å². The number of anilines is 3. The van der Waals surface area contributed by atoms with Gasteiger partial charge in [0.2, 0.25) is 5.95 Å². The molecule has 0 amide bonds. The smallest absolute Gasteiger partial charge is 0.227 e. The summed E-state index contributed by atoms with van der Waals surface area (Å²) in [7, 11) is 1.77. The van der Waals surface area contributed by atoms with Gasteiger partial charge < -0.3 is 24.2 Å². The summed E-state index contributed by atoms with van der Waals surface area (Å²) >= 11 is 0. The molecule has 3 aliphatic rings. The van der Waals surface area contributed by atoms with Crippen molar-refractivity contribution in [2.75, 3.05) is 80.7 Å². The van der Waals surface area contributed by atoms with Crippen molar-refractivity contribution in [2.24, 2.45) is 0 Å². The third-order valence-corrected chi connectivity index (χ3v) is 7.94. The molecule has 39 heavy (non-hydrogen) atoms. The van der Waals surface area contributed by atoms with Gasteiger partial charge in [-0.05, 0) is 31.5 Å². The third kappa shape index (κ3) is 5.45. The van der Waals surface area contributed by atoms with E-state index in [-0.39, 0.29) is 18.3 Å². The molecule has 6 rings (SSSR count). The Morgan fingerprint density at radius 3 is 2.51 bits per heavy atom. The van der Waals surface area contributed by atoms with Crippen LogP contribution in [0, 0.1) is 11.3 Å². The second-order valence-electron chi connectivity index (χ2n) is 10.6. The first-order valence-corrected chi connectivity index (χ1v) is 13.7. The van der Waals surface area contributed by atoms with Crippen LogP contribution in [0.15, 0.2) is 36.8 Å². The van der Waals surface area contributed by atoms with Crippen LogP contribution in [0.4, 0.5) is 17.5 Å². The van der Waals surface area contributed by atoms with E-state index < -0.39 is 0 Å². The number of methoxy groups -OCH3 is 1. The molecule has 11 heteroatoms. The lowest BCUT2D eigenvalue weighted by Crippen LogP contribution is -2.54. The molecule has 3 atom stereocenters. The average molecular weight is 530 g/mol. The fourth-order valence-electron chi connectivity index (χ4n) is 5.95. The first kappa shape index (κ1) is 25.7. The number of morpholine rings is 1. The molecule has 3 saturated heterocycles. The topological polar surface area (TPSA) is 107 Å². The first-order valence-electron chi connectivity index (χ1n) is 13.7. The molecule has 1 aromatic carbocycles. The van der Waals surface area contributed by atoms with Gasteiger partial charge >= 0.3 is 0 Å². The molecular weight excluding hydrogens is 494 g/mol. The number of nitrogens with zero attached hydrogens (tertiary/aromatic N) is 9. The maximum absolute atomic E-state index is 9.50. The van der Waals surface area contributed by atoms with Crippen molar-refractivity contribution < 1.29 is 9.47 Å². The minimum absolute atomic E-state index is 0.0808. The van der Waals surface area contributed by atoms with E-state index in [2.05, 4.69) is 47.5 Å². The highest BCUT2D eigenvalue weighted by atomic mass is 16.5. The zero-order valence-electron chi connectivity index (χ0n) is 22.6. The van der Waals surface area contributed by atoms with Crippen molar-refractivity contribution in [1.29, 1.82) is 5.26 Å². The molecule has 0 saturated carbocycles. The van der Waals surface area contributed by atoms with Crippen molar-refractivity contribution in [3.05, 3.63) is 42.4 Å². The Kier molecular flexibility index (Phi) is 7.41. The quantitative estimate of drug-likeness (QED) is 0.468. The Bertz CT molecular complexity index is 1340. The summed E-state index contributed by atoms with van der Waals surface area (Å²) in [6.07, 6.45) is 6.64. The van der Waals surface area contributed by atoms with Crippen LogP contribution >= 0.6 is 0 Å². The summed E-state index contributed by atoms with van der Waals surface area (Å²) in [6.45, 7) is 10.1. The lowest BCUT2D eigenvalue weighted by atomic mass is 10.1. The molecule has 11 nitrogen and oxygen atoms in total. The van der Waals surface area contributed by atoms with Gasteiger partial charge in [-0.3, -0.25) is 14.9 Å². The van der Waals surface area contributed by atoms with Gasteiger partial charge in [-0.25, -0.2) is 4.98 Å². The average Bonchev–Trinajstić information content (AvgIpc) is 3.46. The molecule has 3 fully saturated rings. The van der Waals surface area contributed by atoms with E-state index in [4.69, 9.17) is 14.5 Å². The van der Waals surface area contributed by atoms with Gasteiger partial charge in [0.1, 0.15) is 22.9 Å². The number of aromatic nitrogens is 4. The van der Waals surface area contributed by atoms with Crippen LogP contribution in [0.5, 0.6) is 0 Å². The van der Waals surface area contributed by atoms with Gasteiger partial charge in [0.15, 0.2) is 0 Å². The molecule has 0 spiro atoms. The lowest BCUT2D eigenvalue weighted by molar-refractivity contribution is -0.0327. The predicted octanol–water partition coefficient (Wildman–Crippen LogP) is 1.93. The van der Waals surface area contributed by atoms with Crippen molar-refractivity contribution in [1.82, 2.24) is 24.8 Å². The Balaban J connectivity index is 1.08. The summed E-state index contributed by atoms with van der Waals surface area (Å²) in [5, 5.41) is 9.50. The highest BCUT2D eigenvalue weighted by Crippen LogP contribution is 2.29. The van der Waals surface area contributed by atoms with Gasteiger partial charge in [0, 0.05) is 84.6 Å². The fraction of sp³-hybridized carbons (Fsp3) is 0.536. The van der Waals surface area contributed by atoms with Crippen molar-refractivity contribution in [3.8, 4) is 6.07 Å². The molecule has 204 valence electrons. The molecular formula is C28H35N9O2. The van der Waals surface area contributed by atoms with E-state index in [9.17, 15) is 5.26 Å². The molecule has 0 aliphatic carbocycles. The number of hydrogen-bond acceptors (Lipinski definition) is 11. The van der Waals surface area contributed by atoms with E-state index >= 15 is 0 Å². The first-order chi connectivity index (χ1) is 19.1. The summed E-state index contributed by atoms with van der Waals surface area (Å²) in [5.41, 5.74) is 2.98. The number of piperazine rings is 1. The van der Waals surface area contributed by atoms with Gasteiger partial charge in [-0.1, -0.05) is 0 Å². The molecule has 0 N–H and O–H groups in total. The number of hydrogen-bond donors (Lipinski definition) is 0. The standard InChI is InChI=1S/C28H35N9O2/c1-20-16-37(24-4-3-21(15-29)26-27(24)31-9-8-30-26)19-23(39-20)17-34-11-13-35(14-12-34)25-5-7-32-28(33-25)36-10-6-22(18-36)38-2/h3-5,7-9,20,22-23H,6,10-14,16-19H2,1-2H3/t20-,22+,23+/m1/s1. The van der Waals surface area contributed by atoms with Crippen LogP contribution in [0.2, 0.25) is 0 Å². The van der Waals surface area contributed by atoms with Crippen molar-refractivity contribution in [3.63, 3.8) is 0 Å². The maximum atomic E-state index is 9.50. The fourth-order valence-corrected chi connectivity index (χ4v) is 5.95. The largest absolute Gasteiger partial charge is 0.380 e. The molecule has 3 aliphatic heterocycles. The van der Waals surface area contributed by atoms with Crippen molar-refractivity contribution >= 4 is 28.5 Å². The number of nitriles is 1. The Morgan fingerprint density at radius 2 is 1.74 bits per heavy atom. The second-order valence-corrected chi connectivity index (χ2v) is 10.6. The van der Waals surface area contributed by atoms with Gasteiger partial charge in [0.25, 0.3) is 0 Å². The van der Waals surface area contributed by atoms with Gasteiger partial charge in [-0.2, -0.15) is 10.2 Å². The van der Waals surface area contributed by atoms with Crippen LogP contribution in [0.3, 0.4) is 0 Å². The summed E-state index contributed by atoms with van der Waals surface area (Å²) in [4.78, 5) is 27.8. The summed E-state index contributed by atoms with van der Waals surface area (Å²) in [5.74, 6) is 1.78. The number of ether oxygens (including phenoxy) is 2. The lowest BCUT2D eigenvalue weighted by Gasteiger charge is -2.42. The highest BCUT2D eigenvalue weighted by molar-refractivity contribution is 5.92. The Hall–Kier alpha value is -3.59. The monoisotopic (exact) mass is 529 g/mol. The normalized spacial score (nSPS) is 24.3. The minimum Gasteiger partial charge on any atom is -0.380 e. The van der Waals surface area contributed by atoms with Gasteiger partial charge in [0.05, 0.1) is 29.6 Å². The molecule has 0 unspecified atom stereocenters.